The predicted molar refractivity (Wildman–Crippen MR) is 122 cm³/mol. The van der Waals surface area contributed by atoms with E-state index >= 15 is 0 Å². The Kier molecular flexibility index (Phi) is 20.3. The maximum absolute atomic E-state index is 2.25. The molecule has 0 amide bonds. The van der Waals surface area contributed by atoms with Crippen LogP contribution in [0, 0.1) is 13.8 Å². The van der Waals surface area contributed by atoms with Crippen LogP contribution in [0.1, 0.15) is 89.5 Å². The number of unbranched alkanes of at least 4 members (excludes halogenated alkanes) is 2. The molecule has 0 atom stereocenters. The summed E-state index contributed by atoms with van der Waals surface area (Å²) in [6.07, 6.45) is 7.69. The van der Waals surface area contributed by atoms with Crippen LogP contribution in [0.3, 0.4) is 0 Å². The average Bonchev–Trinajstić information content (AvgIpc) is 2.69. The van der Waals surface area contributed by atoms with Gasteiger partial charge in [-0.3, -0.25) is 0 Å². The lowest BCUT2D eigenvalue weighted by molar-refractivity contribution is 0.717. The highest BCUT2D eigenvalue weighted by Crippen LogP contribution is 2.08. The minimum atomic E-state index is 1.21. The zero-order chi connectivity index (χ0) is 20.2. The van der Waals surface area contributed by atoms with E-state index in [1.54, 1.807) is 0 Å². The van der Waals surface area contributed by atoms with Gasteiger partial charge in [-0.1, -0.05) is 120 Å². The maximum atomic E-state index is 2.25. The second-order valence-electron chi connectivity index (χ2n) is 6.18. The Bertz CT molecular complexity index is 491. The minimum absolute atomic E-state index is 1.21. The molecule has 0 radical (unpaired) electrons. The van der Waals surface area contributed by atoms with E-state index < -0.39 is 0 Å². The van der Waals surface area contributed by atoms with Gasteiger partial charge in [0.25, 0.3) is 0 Å². The van der Waals surface area contributed by atoms with Crippen LogP contribution >= 0.6 is 0 Å². The van der Waals surface area contributed by atoms with Gasteiger partial charge in [0.15, 0.2) is 0 Å². The first-order valence-corrected chi connectivity index (χ1v) is 10.8. The van der Waals surface area contributed by atoms with Crippen LogP contribution < -0.4 is 0 Å². The standard InChI is InChI=1S/C12H18.C10H14.2C2H6/c1-3-4-5-6-12-9-7-11(2)8-10-12;1-3-4-10-7-5-9(2)6-8-10;2*1-2/h7-10H,3-6H2,1-2H3;5-8H,3-4H2,1-2H3;2*1-2H3. The predicted octanol–water partition coefficient (Wildman–Crippen LogP) is 8.73. The topological polar surface area (TPSA) is 0 Å². The van der Waals surface area contributed by atoms with Gasteiger partial charge in [0, 0.05) is 0 Å². The Labute approximate surface area is 165 Å². The van der Waals surface area contributed by atoms with Crippen molar-refractivity contribution < 1.29 is 0 Å². The Morgan fingerprint density at radius 3 is 1.23 bits per heavy atom. The van der Waals surface area contributed by atoms with Gasteiger partial charge in [0.05, 0.1) is 0 Å². The molecule has 2 aromatic rings. The largest absolute Gasteiger partial charge is 0.0683 e. The lowest BCUT2D eigenvalue weighted by Gasteiger charge is -2.00. The fraction of sp³-hybridized carbons (Fsp3) is 0.538. The van der Waals surface area contributed by atoms with E-state index in [4.69, 9.17) is 0 Å². The summed E-state index contributed by atoms with van der Waals surface area (Å²) in [5.74, 6) is 0. The molecule has 0 heterocycles. The van der Waals surface area contributed by atoms with Crippen molar-refractivity contribution in [3.05, 3.63) is 70.8 Å². The third kappa shape index (κ3) is 14.8. The van der Waals surface area contributed by atoms with Gasteiger partial charge in [-0.15, -0.1) is 0 Å². The molecular formula is C26H44. The van der Waals surface area contributed by atoms with Crippen molar-refractivity contribution in [2.24, 2.45) is 0 Å². The second-order valence-corrected chi connectivity index (χ2v) is 6.18. The highest BCUT2D eigenvalue weighted by atomic mass is 14.0. The lowest BCUT2D eigenvalue weighted by Crippen LogP contribution is -1.84. The molecular weight excluding hydrogens is 312 g/mol. The van der Waals surface area contributed by atoms with Crippen molar-refractivity contribution in [2.75, 3.05) is 0 Å². The van der Waals surface area contributed by atoms with Gasteiger partial charge in [-0.05, 0) is 44.2 Å². The smallest absolute Gasteiger partial charge is 0.0279 e. The molecule has 0 unspecified atom stereocenters. The number of aryl methyl sites for hydroxylation is 4. The summed E-state index contributed by atoms with van der Waals surface area (Å²) < 4.78 is 0. The highest BCUT2D eigenvalue weighted by molar-refractivity contribution is 5.21. The van der Waals surface area contributed by atoms with Gasteiger partial charge < -0.3 is 0 Å². The summed E-state index contributed by atoms with van der Waals surface area (Å²) in [5.41, 5.74) is 5.64. The SMILES string of the molecule is CC.CC.CCCCCc1ccc(C)cc1.CCCc1ccc(C)cc1. The molecule has 0 aromatic heterocycles. The number of rotatable bonds is 6. The quantitative estimate of drug-likeness (QED) is 0.454. The molecule has 26 heavy (non-hydrogen) atoms. The molecule has 0 heteroatoms. The van der Waals surface area contributed by atoms with Crippen LogP contribution in [-0.4, -0.2) is 0 Å². The lowest BCUT2D eigenvalue weighted by atomic mass is 10.1. The average molecular weight is 357 g/mol. The first kappa shape index (κ1) is 26.7. The van der Waals surface area contributed by atoms with E-state index in [2.05, 4.69) is 76.2 Å². The van der Waals surface area contributed by atoms with Crippen molar-refractivity contribution in [3.8, 4) is 0 Å². The van der Waals surface area contributed by atoms with Gasteiger partial charge >= 0.3 is 0 Å². The van der Waals surface area contributed by atoms with Crippen LogP contribution in [0.25, 0.3) is 0 Å². The molecule has 0 N–H and O–H groups in total. The molecule has 0 aliphatic carbocycles. The van der Waals surface area contributed by atoms with Crippen LogP contribution in [0.5, 0.6) is 0 Å². The van der Waals surface area contributed by atoms with Crippen molar-refractivity contribution in [2.45, 2.75) is 93.9 Å². The van der Waals surface area contributed by atoms with Gasteiger partial charge in [0.1, 0.15) is 0 Å². The van der Waals surface area contributed by atoms with E-state index in [0.29, 0.717) is 0 Å². The zero-order valence-electron chi connectivity index (χ0n) is 18.9. The van der Waals surface area contributed by atoms with E-state index in [9.17, 15) is 0 Å². The highest BCUT2D eigenvalue weighted by Gasteiger charge is 1.91. The zero-order valence-corrected chi connectivity index (χ0v) is 18.9. The molecule has 0 nitrogen and oxygen atoms in total. The van der Waals surface area contributed by atoms with Crippen LogP contribution in [0.4, 0.5) is 0 Å². The molecule has 2 aromatic carbocycles. The third-order valence-corrected chi connectivity index (χ3v) is 3.85. The molecule has 2 rings (SSSR count). The molecule has 0 saturated heterocycles. The van der Waals surface area contributed by atoms with E-state index in [1.807, 2.05) is 27.7 Å². The molecule has 0 spiro atoms. The summed E-state index contributed by atoms with van der Waals surface area (Å²) in [6, 6.07) is 17.6. The van der Waals surface area contributed by atoms with E-state index in [1.165, 1.54) is 60.8 Å². The molecule has 0 saturated carbocycles. The van der Waals surface area contributed by atoms with Crippen LogP contribution in [-0.2, 0) is 12.8 Å². The minimum Gasteiger partial charge on any atom is -0.0683 e. The number of hydrogen-bond acceptors (Lipinski definition) is 0. The monoisotopic (exact) mass is 356 g/mol. The molecule has 148 valence electrons. The summed E-state index contributed by atoms with van der Waals surface area (Å²) in [6.45, 7) is 16.7. The van der Waals surface area contributed by atoms with Crippen molar-refractivity contribution in [3.63, 3.8) is 0 Å². The Morgan fingerprint density at radius 1 is 0.500 bits per heavy atom. The van der Waals surface area contributed by atoms with Crippen molar-refractivity contribution >= 4 is 0 Å². The Morgan fingerprint density at radius 2 is 0.885 bits per heavy atom. The van der Waals surface area contributed by atoms with Gasteiger partial charge in [-0.25, -0.2) is 0 Å². The summed E-state index contributed by atoms with van der Waals surface area (Å²) in [4.78, 5) is 0. The number of hydrogen-bond donors (Lipinski definition) is 0. The van der Waals surface area contributed by atoms with Gasteiger partial charge in [0.2, 0.25) is 0 Å². The normalized spacial score (nSPS) is 8.92. The fourth-order valence-electron chi connectivity index (χ4n) is 2.38. The summed E-state index contributed by atoms with van der Waals surface area (Å²) in [5, 5.41) is 0. The van der Waals surface area contributed by atoms with E-state index in [0.717, 1.165) is 0 Å². The summed E-state index contributed by atoms with van der Waals surface area (Å²) in [7, 11) is 0. The first-order valence-electron chi connectivity index (χ1n) is 10.8. The maximum Gasteiger partial charge on any atom is -0.0279 e. The first-order chi connectivity index (χ1) is 12.7. The van der Waals surface area contributed by atoms with Crippen molar-refractivity contribution in [1.29, 1.82) is 0 Å². The van der Waals surface area contributed by atoms with E-state index in [-0.39, 0.29) is 0 Å². The third-order valence-electron chi connectivity index (χ3n) is 3.85. The van der Waals surface area contributed by atoms with Crippen molar-refractivity contribution in [1.82, 2.24) is 0 Å². The Balaban J connectivity index is 0. The molecule has 0 aliphatic rings. The van der Waals surface area contributed by atoms with Gasteiger partial charge in [-0.2, -0.15) is 0 Å². The summed E-state index contributed by atoms with van der Waals surface area (Å²) >= 11 is 0. The molecule has 0 aliphatic heterocycles. The molecule has 0 bridgehead atoms. The molecule has 0 fully saturated rings. The second kappa shape index (κ2) is 19.8. The fourth-order valence-corrected chi connectivity index (χ4v) is 2.38. The van der Waals surface area contributed by atoms with Crippen LogP contribution in [0.15, 0.2) is 48.5 Å². The van der Waals surface area contributed by atoms with Crippen LogP contribution in [0.2, 0.25) is 0 Å². The Hall–Kier alpha value is -1.56. The number of benzene rings is 2.